The van der Waals surface area contributed by atoms with E-state index in [1.807, 2.05) is 31.2 Å². The summed E-state index contributed by atoms with van der Waals surface area (Å²) in [6.07, 6.45) is 1.42. The Labute approximate surface area is 144 Å². The predicted octanol–water partition coefficient (Wildman–Crippen LogP) is 1.93. The van der Waals surface area contributed by atoms with Crippen LogP contribution in [0, 0.1) is 5.92 Å². The Morgan fingerprint density at radius 1 is 1.42 bits per heavy atom. The molecule has 0 radical (unpaired) electrons. The smallest absolute Gasteiger partial charge is 0.224 e. The normalized spacial score (nSPS) is 20.4. The van der Waals surface area contributed by atoms with Gasteiger partial charge in [0.05, 0.1) is 24.8 Å². The lowest BCUT2D eigenvalue weighted by molar-refractivity contribution is -0.126. The maximum Gasteiger partial charge on any atom is 0.224 e. The van der Waals surface area contributed by atoms with Crippen molar-refractivity contribution in [1.82, 2.24) is 9.62 Å². The van der Waals surface area contributed by atoms with Crippen molar-refractivity contribution < 1.29 is 17.9 Å². The summed E-state index contributed by atoms with van der Waals surface area (Å²) in [4.78, 5) is 12.6. The SMILES string of the molecule is CCS(=O)(=O)N1CCC[C@@H](C(=O)N[C@H](C)c2ccccc2OC)C1. The number of carbonyl (C=O) groups is 1. The maximum atomic E-state index is 12.6. The van der Waals surface area contributed by atoms with Crippen LogP contribution in [0.2, 0.25) is 0 Å². The number of carbonyl (C=O) groups excluding carboxylic acids is 1. The maximum absolute atomic E-state index is 12.6. The zero-order valence-corrected chi connectivity index (χ0v) is 15.3. The van der Waals surface area contributed by atoms with E-state index in [1.54, 1.807) is 14.0 Å². The van der Waals surface area contributed by atoms with E-state index in [9.17, 15) is 13.2 Å². The summed E-state index contributed by atoms with van der Waals surface area (Å²) in [6, 6.07) is 7.35. The van der Waals surface area contributed by atoms with Crippen LogP contribution in [0.1, 0.15) is 38.3 Å². The van der Waals surface area contributed by atoms with Crippen LogP contribution in [0.3, 0.4) is 0 Å². The van der Waals surface area contributed by atoms with Crippen LogP contribution in [0.4, 0.5) is 0 Å². The number of rotatable bonds is 6. The number of ether oxygens (including phenoxy) is 1. The number of hydrogen-bond donors (Lipinski definition) is 1. The predicted molar refractivity (Wildman–Crippen MR) is 93.3 cm³/mol. The molecule has 1 amide bonds. The van der Waals surface area contributed by atoms with Gasteiger partial charge >= 0.3 is 0 Å². The molecule has 0 unspecified atom stereocenters. The summed E-state index contributed by atoms with van der Waals surface area (Å²) >= 11 is 0. The van der Waals surface area contributed by atoms with E-state index in [4.69, 9.17) is 4.74 Å². The first kappa shape index (κ1) is 18.7. The van der Waals surface area contributed by atoms with Crippen molar-refractivity contribution in [1.29, 1.82) is 0 Å². The lowest BCUT2D eigenvalue weighted by atomic mass is 9.97. The third-order valence-electron chi connectivity index (χ3n) is 4.48. The molecule has 2 rings (SSSR count). The molecule has 1 aliphatic rings. The second-order valence-corrected chi connectivity index (χ2v) is 8.33. The Morgan fingerprint density at radius 2 is 2.12 bits per heavy atom. The Morgan fingerprint density at radius 3 is 2.79 bits per heavy atom. The molecule has 1 N–H and O–H groups in total. The summed E-state index contributed by atoms with van der Waals surface area (Å²) < 4.78 is 30.8. The molecule has 0 spiro atoms. The molecule has 134 valence electrons. The highest BCUT2D eigenvalue weighted by Crippen LogP contribution is 2.26. The van der Waals surface area contributed by atoms with Crippen molar-refractivity contribution in [3.63, 3.8) is 0 Å². The minimum atomic E-state index is -3.25. The molecular formula is C17H26N2O4S. The average Bonchev–Trinajstić information content (AvgIpc) is 2.61. The fourth-order valence-corrected chi connectivity index (χ4v) is 4.20. The van der Waals surface area contributed by atoms with Crippen LogP contribution in [0.5, 0.6) is 5.75 Å². The van der Waals surface area contributed by atoms with E-state index in [2.05, 4.69) is 5.32 Å². The molecule has 1 aliphatic heterocycles. The zero-order chi connectivity index (χ0) is 17.7. The molecule has 0 saturated carbocycles. The first-order valence-electron chi connectivity index (χ1n) is 8.30. The van der Waals surface area contributed by atoms with Crippen molar-refractivity contribution in [2.45, 2.75) is 32.7 Å². The van der Waals surface area contributed by atoms with Gasteiger partial charge in [0, 0.05) is 18.7 Å². The van der Waals surface area contributed by atoms with Gasteiger partial charge in [-0.2, -0.15) is 0 Å². The third kappa shape index (κ3) is 4.27. The van der Waals surface area contributed by atoms with Crippen molar-refractivity contribution >= 4 is 15.9 Å². The van der Waals surface area contributed by atoms with Crippen molar-refractivity contribution in [3.8, 4) is 5.75 Å². The summed E-state index contributed by atoms with van der Waals surface area (Å²) in [5, 5.41) is 2.99. The van der Waals surface area contributed by atoms with Gasteiger partial charge in [0.15, 0.2) is 0 Å². The van der Waals surface area contributed by atoms with Gasteiger partial charge in [-0.05, 0) is 32.8 Å². The Bertz CT molecular complexity index is 675. The third-order valence-corrected chi connectivity index (χ3v) is 6.33. The standard InChI is InChI=1S/C17H26N2O4S/c1-4-24(21,22)19-11-7-8-14(12-19)17(20)18-13(2)15-9-5-6-10-16(15)23-3/h5-6,9-10,13-14H,4,7-8,11-12H2,1-3H3,(H,18,20)/t13-,14-/m1/s1. The highest BCUT2D eigenvalue weighted by atomic mass is 32.2. The molecule has 0 aromatic heterocycles. The largest absolute Gasteiger partial charge is 0.496 e. The van der Waals surface area contributed by atoms with Crippen LogP contribution in [-0.2, 0) is 14.8 Å². The number of methoxy groups -OCH3 is 1. The molecule has 7 heteroatoms. The lowest BCUT2D eigenvalue weighted by Gasteiger charge is -2.31. The number of amides is 1. The number of benzene rings is 1. The molecule has 24 heavy (non-hydrogen) atoms. The molecule has 0 bridgehead atoms. The highest BCUT2D eigenvalue weighted by molar-refractivity contribution is 7.89. The molecule has 1 saturated heterocycles. The van der Waals surface area contributed by atoms with Gasteiger partial charge in [-0.25, -0.2) is 12.7 Å². The second kappa shape index (κ2) is 7.98. The molecule has 1 fully saturated rings. The van der Waals surface area contributed by atoms with Crippen molar-refractivity contribution in [2.75, 3.05) is 26.0 Å². The molecule has 0 aliphatic carbocycles. The van der Waals surface area contributed by atoms with Gasteiger partial charge in [0.25, 0.3) is 0 Å². The number of sulfonamides is 1. The number of para-hydroxylation sites is 1. The Kier molecular flexibility index (Phi) is 6.23. The molecule has 1 heterocycles. The summed E-state index contributed by atoms with van der Waals surface area (Å²) in [5.74, 6) is 0.379. The van der Waals surface area contributed by atoms with E-state index >= 15 is 0 Å². The van der Waals surface area contributed by atoms with E-state index < -0.39 is 10.0 Å². The van der Waals surface area contributed by atoms with E-state index in [-0.39, 0.29) is 30.2 Å². The molecule has 6 nitrogen and oxygen atoms in total. The van der Waals surface area contributed by atoms with E-state index in [0.29, 0.717) is 19.4 Å². The van der Waals surface area contributed by atoms with Crippen LogP contribution in [-0.4, -0.2) is 44.6 Å². The quantitative estimate of drug-likeness (QED) is 0.847. The fourth-order valence-electron chi connectivity index (χ4n) is 3.02. The van der Waals surface area contributed by atoms with Gasteiger partial charge in [0.1, 0.15) is 5.75 Å². The van der Waals surface area contributed by atoms with Gasteiger partial charge < -0.3 is 10.1 Å². The van der Waals surface area contributed by atoms with Gasteiger partial charge in [-0.1, -0.05) is 18.2 Å². The summed E-state index contributed by atoms with van der Waals surface area (Å²) in [6.45, 7) is 4.30. The van der Waals surface area contributed by atoms with Crippen molar-refractivity contribution in [2.24, 2.45) is 5.92 Å². The minimum Gasteiger partial charge on any atom is -0.496 e. The average molecular weight is 354 g/mol. The molecule has 1 aromatic carbocycles. The van der Waals surface area contributed by atoms with Crippen LogP contribution in [0.15, 0.2) is 24.3 Å². The first-order chi connectivity index (χ1) is 11.4. The van der Waals surface area contributed by atoms with Gasteiger partial charge in [-0.15, -0.1) is 0 Å². The monoisotopic (exact) mass is 354 g/mol. The fraction of sp³-hybridized carbons (Fsp3) is 0.588. The molecular weight excluding hydrogens is 328 g/mol. The van der Waals surface area contributed by atoms with Crippen molar-refractivity contribution in [3.05, 3.63) is 29.8 Å². The van der Waals surface area contributed by atoms with Crippen LogP contribution < -0.4 is 10.1 Å². The lowest BCUT2D eigenvalue weighted by Crippen LogP contribution is -2.46. The summed E-state index contributed by atoms with van der Waals surface area (Å²) in [5.41, 5.74) is 0.905. The zero-order valence-electron chi connectivity index (χ0n) is 14.5. The van der Waals surface area contributed by atoms with Gasteiger partial charge in [0.2, 0.25) is 15.9 Å². The summed E-state index contributed by atoms with van der Waals surface area (Å²) in [7, 11) is -1.65. The molecule has 2 atom stereocenters. The van der Waals surface area contributed by atoms with Gasteiger partial charge in [-0.3, -0.25) is 4.79 Å². The topological polar surface area (TPSA) is 75.7 Å². The second-order valence-electron chi connectivity index (χ2n) is 6.07. The highest BCUT2D eigenvalue weighted by Gasteiger charge is 2.32. The number of piperidine rings is 1. The minimum absolute atomic E-state index is 0.0684. The van der Waals surface area contributed by atoms with E-state index in [0.717, 1.165) is 11.3 Å². The Balaban J connectivity index is 2.04. The number of hydrogen-bond acceptors (Lipinski definition) is 4. The number of nitrogens with zero attached hydrogens (tertiary/aromatic N) is 1. The van der Waals surface area contributed by atoms with E-state index in [1.165, 1.54) is 4.31 Å². The first-order valence-corrected chi connectivity index (χ1v) is 9.91. The Hall–Kier alpha value is -1.60. The van der Waals surface area contributed by atoms with Crippen LogP contribution >= 0.6 is 0 Å². The number of nitrogens with one attached hydrogen (secondary N) is 1. The van der Waals surface area contributed by atoms with Crippen LogP contribution in [0.25, 0.3) is 0 Å². The molecule has 1 aromatic rings.